The molecule has 0 radical (unpaired) electrons. The van der Waals surface area contributed by atoms with Crippen LogP contribution in [0.2, 0.25) is 0 Å². The summed E-state index contributed by atoms with van der Waals surface area (Å²) in [5.74, 6) is 0.721. The van der Waals surface area contributed by atoms with Crippen LogP contribution in [0.1, 0.15) is 38.2 Å². The van der Waals surface area contributed by atoms with Crippen LogP contribution in [0, 0.1) is 20.8 Å². The summed E-state index contributed by atoms with van der Waals surface area (Å²) in [6.45, 7) is 9.70. The van der Waals surface area contributed by atoms with Crippen molar-refractivity contribution in [3.63, 3.8) is 0 Å². The lowest BCUT2D eigenvalue weighted by Gasteiger charge is -2.37. The van der Waals surface area contributed by atoms with E-state index < -0.39 is 0 Å². The molecule has 2 aliphatic heterocycles. The van der Waals surface area contributed by atoms with Crippen molar-refractivity contribution in [1.82, 2.24) is 4.90 Å². The zero-order valence-electron chi connectivity index (χ0n) is 24.3. The molecule has 1 saturated heterocycles. The quantitative estimate of drug-likeness (QED) is 0.262. The second kappa shape index (κ2) is 11.6. The number of para-hydroxylation sites is 2. The fraction of sp³-hybridized carbons (Fsp3) is 0.222. The molecule has 1 fully saturated rings. The molecule has 0 spiro atoms. The summed E-state index contributed by atoms with van der Waals surface area (Å²) >= 11 is 0. The van der Waals surface area contributed by atoms with Crippen LogP contribution in [0.5, 0.6) is 5.75 Å². The maximum atomic E-state index is 13.6. The van der Waals surface area contributed by atoms with Gasteiger partial charge in [-0.15, -0.1) is 0 Å². The minimum atomic E-state index is -0.198. The zero-order chi connectivity index (χ0) is 29.2. The first-order valence-corrected chi connectivity index (χ1v) is 14.4. The molecule has 6 heteroatoms. The number of anilines is 2. The Morgan fingerprint density at radius 2 is 1.48 bits per heavy atom. The number of ether oxygens (including phenoxy) is 1. The first-order valence-electron chi connectivity index (χ1n) is 14.4. The Morgan fingerprint density at radius 1 is 0.786 bits per heavy atom. The van der Waals surface area contributed by atoms with Gasteiger partial charge in [0, 0.05) is 37.4 Å². The van der Waals surface area contributed by atoms with Crippen LogP contribution in [0.3, 0.4) is 0 Å². The summed E-state index contributed by atoms with van der Waals surface area (Å²) in [6.07, 6.45) is 1.75. The Kier molecular flexibility index (Phi) is 7.53. The van der Waals surface area contributed by atoms with Gasteiger partial charge >= 0.3 is 0 Å². The standard InChI is InChI=1S/C36H35N3O3/c1-25-9-12-29(13-10-25)24-39-31-6-4-5-7-33(31)42-34(36(39)41)23-28-14-16-30(17-15-28)35(40)38-20-18-37(19-21-38)32-22-26(2)8-11-27(32)3/h4-17,22-23H,18-21,24H2,1-3H3/b34-23+. The fourth-order valence-corrected chi connectivity index (χ4v) is 5.56. The number of rotatable bonds is 5. The van der Waals surface area contributed by atoms with Crippen LogP contribution < -0.4 is 14.5 Å². The summed E-state index contributed by atoms with van der Waals surface area (Å²) in [4.78, 5) is 32.9. The average molecular weight is 558 g/mol. The van der Waals surface area contributed by atoms with E-state index in [-0.39, 0.29) is 17.6 Å². The molecule has 0 aromatic heterocycles. The van der Waals surface area contributed by atoms with Gasteiger partial charge in [-0.05, 0) is 79.4 Å². The topological polar surface area (TPSA) is 53.1 Å². The van der Waals surface area contributed by atoms with Gasteiger partial charge in [0.25, 0.3) is 11.8 Å². The first-order chi connectivity index (χ1) is 20.4. The summed E-state index contributed by atoms with van der Waals surface area (Å²) < 4.78 is 6.06. The van der Waals surface area contributed by atoms with Gasteiger partial charge < -0.3 is 14.5 Å². The molecular formula is C36H35N3O3. The Labute approximate surface area is 247 Å². The van der Waals surface area contributed by atoms with E-state index in [4.69, 9.17) is 4.74 Å². The van der Waals surface area contributed by atoms with Gasteiger partial charge in [-0.3, -0.25) is 14.5 Å². The Morgan fingerprint density at radius 3 is 2.21 bits per heavy atom. The fourth-order valence-electron chi connectivity index (χ4n) is 5.56. The van der Waals surface area contributed by atoms with Gasteiger partial charge in [0.2, 0.25) is 0 Å². The number of carbonyl (C=O) groups is 2. The molecule has 4 aromatic rings. The number of aryl methyl sites for hydroxylation is 3. The molecule has 212 valence electrons. The van der Waals surface area contributed by atoms with Crippen molar-refractivity contribution < 1.29 is 14.3 Å². The van der Waals surface area contributed by atoms with Crippen LogP contribution in [0.25, 0.3) is 6.08 Å². The Hall–Kier alpha value is -4.84. The van der Waals surface area contributed by atoms with Crippen molar-refractivity contribution in [3.05, 3.63) is 130 Å². The van der Waals surface area contributed by atoms with Crippen LogP contribution in [0.4, 0.5) is 11.4 Å². The van der Waals surface area contributed by atoms with Crippen LogP contribution in [-0.4, -0.2) is 42.9 Å². The van der Waals surface area contributed by atoms with Gasteiger partial charge in [0.05, 0.1) is 12.2 Å². The third-order valence-electron chi connectivity index (χ3n) is 8.02. The van der Waals surface area contributed by atoms with Gasteiger partial charge in [-0.1, -0.05) is 66.2 Å². The van der Waals surface area contributed by atoms with Gasteiger partial charge in [0.1, 0.15) is 0 Å². The SMILES string of the molecule is Cc1ccc(CN2C(=O)/C(=C\c3ccc(C(=O)N4CCN(c5cc(C)ccc5C)CC4)cc3)Oc3ccccc32)cc1. The number of fused-ring (bicyclic) bond motifs is 1. The highest BCUT2D eigenvalue weighted by Gasteiger charge is 2.30. The summed E-state index contributed by atoms with van der Waals surface area (Å²) in [5, 5.41) is 0. The number of piperazine rings is 1. The number of benzene rings is 4. The highest BCUT2D eigenvalue weighted by atomic mass is 16.5. The van der Waals surface area contributed by atoms with E-state index in [0.717, 1.165) is 29.9 Å². The number of hydrogen-bond acceptors (Lipinski definition) is 4. The smallest absolute Gasteiger partial charge is 0.294 e. The molecule has 4 aromatic carbocycles. The number of nitrogens with zero attached hydrogens (tertiary/aromatic N) is 3. The second-order valence-electron chi connectivity index (χ2n) is 11.1. The van der Waals surface area contributed by atoms with E-state index in [1.807, 2.05) is 72.5 Å². The van der Waals surface area contributed by atoms with Crippen LogP contribution >= 0.6 is 0 Å². The molecule has 0 N–H and O–H groups in total. The van der Waals surface area contributed by atoms with E-state index in [9.17, 15) is 9.59 Å². The van der Waals surface area contributed by atoms with Gasteiger partial charge in [-0.2, -0.15) is 0 Å². The molecular weight excluding hydrogens is 522 g/mol. The van der Waals surface area contributed by atoms with Crippen molar-refractivity contribution in [3.8, 4) is 5.75 Å². The zero-order valence-corrected chi connectivity index (χ0v) is 24.3. The maximum Gasteiger partial charge on any atom is 0.294 e. The molecule has 0 atom stereocenters. The van der Waals surface area contributed by atoms with Crippen molar-refractivity contribution in [2.75, 3.05) is 36.0 Å². The summed E-state index contributed by atoms with van der Waals surface area (Å²) in [5.41, 5.74) is 8.15. The number of carbonyl (C=O) groups excluding carboxylic acids is 2. The lowest BCUT2D eigenvalue weighted by Crippen LogP contribution is -2.49. The lowest BCUT2D eigenvalue weighted by atomic mass is 10.1. The highest BCUT2D eigenvalue weighted by molar-refractivity contribution is 6.09. The van der Waals surface area contributed by atoms with Gasteiger partial charge in [0.15, 0.2) is 11.5 Å². The average Bonchev–Trinajstić information content (AvgIpc) is 3.01. The minimum Gasteiger partial charge on any atom is -0.449 e. The van der Waals surface area contributed by atoms with Crippen molar-refractivity contribution >= 4 is 29.3 Å². The largest absolute Gasteiger partial charge is 0.449 e. The molecule has 0 unspecified atom stereocenters. The molecule has 42 heavy (non-hydrogen) atoms. The highest BCUT2D eigenvalue weighted by Crippen LogP contribution is 2.36. The van der Waals surface area contributed by atoms with E-state index in [2.05, 4.69) is 49.1 Å². The summed E-state index contributed by atoms with van der Waals surface area (Å²) in [7, 11) is 0. The van der Waals surface area contributed by atoms with Crippen LogP contribution in [-0.2, 0) is 11.3 Å². The number of hydrogen-bond donors (Lipinski definition) is 0. The predicted molar refractivity (Wildman–Crippen MR) is 168 cm³/mol. The minimum absolute atomic E-state index is 0.0259. The molecule has 0 aliphatic carbocycles. The third kappa shape index (κ3) is 5.66. The van der Waals surface area contributed by atoms with E-state index >= 15 is 0 Å². The van der Waals surface area contributed by atoms with E-state index in [1.165, 1.54) is 22.4 Å². The molecule has 0 bridgehead atoms. The molecule has 0 saturated carbocycles. The first kappa shape index (κ1) is 27.3. The van der Waals surface area contributed by atoms with Crippen molar-refractivity contribution in [2.45, 2.75) is 27.3 Å². The van der Waals surface area contributed by atoms with Crippen molar-refractivity contribution in [2.24, 2.45) is 0 Å². The molecule has 6 nitrogen and oxygen atoms in total. The molecule has 2 amide bonds. The van der Waals surface area contributed by atoms with E-state index in [1.54, 1.807) is 11.0 Å². The molecule has 2 heterocycles. The number of amides is 2. The molecule has 2 aliphatic rings. The van der Waals surface area contributed by atoms with Gasteiger partial charge in [-0.25, -0.2) is 0 Å². The van der Waals surface area contributed by atoms with Crippen LogP contribution in [0.15, 0.2) is 96.8 Å². The van der Waals surface area contributed by atoms with Crippen molar-refractivity contribution in [1.29, 1.82) is 0 Å². The second-order valence-corrected chi connectivity index (χ2v) is 11.1. The Balaban J connectivity index is 1.15. The molecule has 6 rings (SSSR count). The lowest BCUT2D eigenvalue weighted by molar-refractivity contribution is -0.117. The monoisotopic (exact) mass is 557 g/mol. The normalized spacial score (nSPS) is 15.9. The third-order valence-corrected chi connectivity index (χ3v) is 8.02. The van der Waals surface area contributed by atoms with E-state index in [0.29, 0.717) is 30.9 Å². The summed E-state index contributed by atoms with van der Waals surface area (Å²) in [6, 6.07) is 29.7. The Bertz CT molecular complexity index is 1650. The predicted octanol–water partition coefficient (Wildman–Crippen LogP) is 6.54. The maximum absolute atomic E-state index is 13.6.